The van der Waals surface area contributed by atoms with E-state index < -0.39 is 62.1 Å². The van der Waals surface area contributed by atoms with Crippen LogP contribution in [0.3, 0.4) is 0 Å². The standard InChI is InChI=1S/C41H68N4O12/c1-5-6-25(2)29-9-10-30-28-8-7-26-19-27(13-14-40(26,3)31(28)20-33(46)41(29,30)4)42-34(47)12-11-32(39(56)57)45(17-15-43(21-35(48)49)22-36(50)51)18-16-44(23-37(52)53)24-38(54)55/h25-33,46H,5-24H2,1-4H3,(H,42,47)(H,48,49)(H,50,51)(H,52,53)(H,54,55)(H,56,57)/t25-,26-,27-,28+,29-,30+,31+,32?,33+,40+,41-/m1/s1. The Hall–Kier alpha value is -3.34. The van der Waals surface area contributed by atoms with Gasteiger partial charge in [-0.2, -0.15) is 0 Å². The Morgan fingerprint density at radius 1 is 0.719 bits per heavy atom. The van der Waals surface area contributed by atoms with Crippen molar-refractivity contribution in [2.45, 2.75) is 123 Å². The molecule has 1 amide bonds. The third-order valence-electron chi connectivity index (χ3n) is 14.9. The molecule has 0 aromatic heterocycles. The maximum absolute atomic E-state index is 13.4. The summed E-state index contributed by atoms with van der Waals surface area (Å²) in [5.41, 5.74) is 0.0268. The number of aliphatic hydroxyl groups is 1. The molecule has 4 saturated carbocycles. The van der Waals surface area contributed by atoms with Crippen LogP contribution in [0, 0.1) is 46.3 Å². The molecule has 0 bridgehead atoms. The fourth-order valence-electron chi connectivity index (χ4n) is 12.2. The Labute approximate surface area is 336 Å². The SMILES string of the molecule is CCC[C@@H](C)[C@H]1CC[C@H]2[C@@H]3CC[C@@H]4C[C@H](NC(=O)CCC(C(=O)O)N(CCN(CC(=O)O)CC(=O)O)CCN(CC(=O)O)CC(=O)O)CC[C@]4(C)[C@H]3C[C@H](O)[C@]12C. The molecular weight excluding hydrogens is 740 g/mol. The highest BCUT2D eigenvalue weighted by Crippen LogP contribution is 2.68. The van der Waals surface area contributed by atoms with Crippen molar-refractivity contribution in [1.82, 2.24) is 20.0 Å². The van der Waals surface area contributed by atoms with E-state index in [1.54, 1.807) is 0 Å². The maximum atomic E-state index is 13.4. The summed E-state index contributed by atoms with van der Waals surface area (Å²) in [6, 6.07) is -1.35. The van der Waals surface area contributed by atoms with Crippen molar-refractivity contribution in [2.75, 3.05) is 52.4 Å². The number of carboxylic acids is 5. The van der Waals surface area contributed by atoms with Gasteiger partial charge in [-0.15, -0.1) is 0 Å². The van der Waals surface area contributed by atoms with E-state index in [-0.39, 0.29) is 67.9 Å². The van der Waals surface area contributed by atoms with E-state index in [1.165, 1.54) is 24.2 Å². The van der Waals surface area contributed by atoms with Gasteiger partial charge in [-0.05, 0) is 104 Å². The van der Waals surface area contributed by atoms with Crippen LogP contribution in [0.4, 0.5) is 0 Å². The van der Waals surface area contributed by atoms with E-state index in [0.717, 1.165) is 54.7 Å². The molecule has 0 aliphatic heterocycles. The summed E-state index contributed by atoms with van der Waals surface area (Å²) in [6.45, 7) is 6.33. The number of hydrogen-bond donors (Lipinski definition) is 7. The number of carbonyl (C=O) groups excluding carboxylic acids is 1. The number of carboxylic acid groups (broad SMARTS) is 5. The highest BCUT2D eigenvalue weighted by atomic mass is 16.4. The number of hydrogen-bond acceptors (Lipinski definition) is 10. The lowest BCUT2D eigenvalue weighted by Crippen LogP contribution is -2.59. The molecule has 0 aromatic carbocycles. The molecular formula is C41H68N4O12. The highest BCUT2D eigenvalue weighted by molar-refractivity contribution is 5.79. The normalized spacial score (nSPS) is 31.9. The van der Waals surface area contributed by atoms with Crippen LogP contribution in [-0.4, -0.2) is 152 Å². The van der Waals surface area contributed by atoms with E-state index in [9.17, 15) is 59.4 Å². The Bertz CT molecular complexity index is 1380. The first-order valence-electron chi connectivity index (χ1n) is 21.1. The number of nitrogens with zero attached hydrogens (tertiary/aromatic N) is 3. The lowest BCUT2D eigenvalue weighted by Gasteiger charge is -2.62. The molecule has 7 N–H and O–H groups in total. The van der Waals surface area contributed by atoms with Crippen LogP contribution in [-0.2, 0) is 28.8 Å². The van der Waals surface area contributed by atoms with Gasteiger partial charge in [-0.3, -0.25) is 43.5 Å². The quantitative estimate of drug-likeness (QED) is 0.0785. The van der Waals surface area contributed by atoms with Crippen LogP contribution in [0.25, 0.3) is 0 Å². The predicted molar refractivity (Wildman–Crippen MR) is 208 cm³/mol. The summed E-state index contributed by atoms with van der Waals surface area (Å²) in [4.78, 5) is 75.3. The largest absolute Gasteiger partial charge is 0.480 e. The van der Waals surface area contributed by atoms with E-state index >= 15 is 0 Å². The van der Waals surface area contributed by atoms with E-state index in [4.69, 9.17) is 0 Å². The van der Waals surface area contributed by atoms with Gasteiger partial charge in [0.05, 0.1) is 32.3 Å². The molecule has 0 aromatic rings. The Morgan fingerprint density at radius 2 is 1.28 bits per heavy atom. The van der Waals surface area contributed by atoms with Crippen LogP contribution in [0.2, 0.25) is 0 Å². The fraction of sp³-hybridized carbons (Fsp3) is 0.854. The molecule has 1 unspecified atom stereocenters. The third kappa shape index (κ3) is 11.4. The lowest BCUT2D eigenvalue weighted by molar-refractivity contribution is -0.170. The van der Waals surface area contributed by atoms with E-state index in [0.29, 0.717) is 35.5 Å². The number of carbonyl (C=O) groups is 6. The Kier molecular flexibility index (Phi) is 16.3. The van der Waals surface area contributed by atoms with Crippen molar-refractivity contribution in [3.63, 3.8) is 0 Å². The van der Waals surface area contributed by atoms with Gasteiger partial charge in [-0.1, -0.05) is 40.5 Å². The molecule has 0 radical (unpaired) electrons. The zero-order chi connectivity index (χ0) is 42.2. The smallest absolute Gasteiger partial charge is 0.320 e. The summed E-state index contributed by atoms with van der Waals surface area (Å²) in [5, 5.41) is 62.5. The molecule has 57 heavy (non-hydrogen) atoms. The van der Waals surface area contributed by atoms with E-state index in [2.05, 4.69) is 33.0 Å². The first-order valence-corrected chi connectivity index (χ1v) is 21.1. The topological polar surface area (TPSA) is 246 Å². The summed E-state index contributed by atoms with van der Waals surface area (Å²) in [6.07, 6.45) is 9.74. The van der Waals surface area contributed by atoms with Gasteiger partial charge in [-0.25, -0.2) is 0 Å². The minimum atomic E-state index is -1.28. The molecule has 4 rings (SSSR count). The van der Waals surface area contributed by atoms with Gasteiger partial charge in [0.1, 0.15) is 6.04 Å². The average Bonchev–Trinajstić information content (AvgIpc) is 3.47. The summed E-state index contributed by atoms with van der Waals surface area (Å²) < 4.78 is 0. The molecule has 4 fully saturated rings. The van der Waals surface area contributed by atoms with Crippen molar-refractivity contribution in [1.29, 1.82) is 0 Å². The summed E-state index contributed by atoms with van der Waals surface area (Å²) >= 11 is 0. The number of fused-ring (bicyclic) bond motifs is 5. The summed E-state index contributed by atoms with van der Waals surface area (Å²) in [7, 11) is 0. The van der Waals surface area contributed by atoms with Crippen LogP contribution in [0.15, 0.2) is 0 Å². The molecule has 4 aliphatic rings. The Morgan fingerprint density at radius 3 is 1.79 bits per heavy atom. The third-order valence-corrected chi connectivity index (χ3v) is 14.9. The second-order valence-electron chi connectivity index (χ2n) is 18.2. The first-order chi connectivity index (χ1) is 26.8. The van der Waals surface area contributed by atoms with Gasteiger partial charge in [0.2, 0.25) is 5.91 Å². The van der Waals surface area contributed by atoms with Gasteiger partial charge in [0.25, 0.3) is 0 Å². The summed E-state index contributed by atoms with van der Waals surface area (Å²) in [5.74, 6) is -3.59. The van der Waals surface area contributed by atoms with Crippen molar-refractivity contribution in [3.8, 4) is 0 Å². The number of aliphatic carboxylic acids is 5. The first kappa shape index (κ1) is 46.4. The number of rotatable bonds is 23. The second-order valence-corrected chi connectivity index (χ2v) is 18.2. The molecule has 16 nitrogen and oxygen atoms in total. The van der Waals surface area contributed by atoms with Crippen molar-refractivity contribution in [3.05, 3.63) is 0 Å². The Balaban J connectivity index is 1.39. The minimum Gasteiger partial charge on any atom is -0.480 e. The van der Waals surface area contributed by atoms with Crippen LogP contribution in [0.5, 0.6) is 0 Å². The van der Waals surface area contributed by atoms with E-state index in [1.807, 2.05) is 0 Å². The van der Waals surface area contributed by atoms with Gasteiger partial charge in [0.15, 0.2) is 0 Å². The van der Waals surface area contributed by atoms with Gasteiger partial charge in [0, 0.05) is 38.6 Å². The lowest BCUT2D eigenvalue weighted by atomic mass is 9.43. The van der Waals surface area contributed by atoms with Crippen molar-refractivity contribution >= 4 is 35.8 Å². The molecule has 0 spiro atoms. The molecule has 324 valence electrons. The number of aliphatic hydroxyl groups excluding tert-OH is 1. The minimum absolute atomic E-state index is 0.0415. The zero-order valence-corrected chi connectivity index (χ0v) is 34.3. The van der Waals surface area contributed by atoms with Crippen molar-refractivity contribution < 1.29 is 59.4 Å². The second kappa shape index (κ2) is 20.1. The number of amides is 1. The predicted octanol–water partition coefficient (Wildman–Crippen LogP) is 3.01. The van der Waals surface area contributed by atoms with Crippen LogP contribution < -0.4 is 5.32 Å². The van der Waals surface area contributed by atoms with Crippen molar-refractivity contribution in [2.24, 2.45) is 46.3 Å². The molecule has 16 heteroatoms. The van der Waals surface area contributed by atoms with Crippen LogP contribution in [0.1, 0.15) is 105 Å². The zero-order valence-electron chi connectivity index (χ0n) is 34.3. The number of nitrogens with one attached hydrogen (secondary N) is 1. The molecule has 4 aliphatic carbocycles. The van der Waals surface area contributed by atoms with Crippen LogP contribution >= 0.6 is 0 Å². The molecule has 0 saturated heterocycles. The molecule has 11 atom stereocenters. The average molecular weight is 809 g/mol. The molecule has 0 heterocycles. The monoisotopic (exact) mass is 808 g/mol. The van der Waals surface area contributed by atoms with Gasteiger partial charge >= 0.3 is 29.8 Å². The van der Waals surface area contributed by atoms with Gasteiger partial charge < -0.3 is 36.0 Å². The maximum Gasteiger partial charge on any atom is 0.320 e. The fourth-order valence-corrected chi connectivity index (χ4v) is 12.2. The highest BCUT2D eigenvalue weighted by Gasteiger charge is 2.63.